The van der Waals surface area contributed by atoms with E-state index in [1.54, 1.807) is 4.88 Å². The number of rotatable bonds is 6. The van der Waals surface area contributed by atoms with Gasteiger partial charge in [-0.05, 0) is 51.2 Å². The lowest BCUT2D eigenvalue weighted by Crippen LogP contribution is -2.55. The minimum atomic E-state index is 0.298. The predicted octanol–water partition coefficient (Wildman–Crippen LogP) is 3.68. The molecule has 2 aliphatic rings. The molecular weight excluding hydrogens is 304 g/mol. The van der Waals surface area contributed by atoms with Crippen LogP contribution in [0.25, 0.3) is 0 Å². The largest absolute Gasteiger partial charge is 0.396 e. The summed E-state index contributed by atoms with van der Waals surface area (Å²) in [5.74, 6) is 0.841. The van der Waals surface area contributed by atoms with E-state index in [4.69, 9.17) is 0 Å². The number of hydrogen-bond acceptors (Lipinski definition) is 4. The molecule has 1 saturated heterocycles. The van der Waals surface area contributed by atoms with Crippen molar-refractivity contribution in [1.29, 1.82) is 0 Å². The van der Waals surface area contributed by atoms with Crippen molar-refractivity contribution < 1.29 is 5.11 Å². The van der Waals surface area contributed by atoms with Crippen LogP contribution in [0.1, 0.15) is 61.6 Å². The fraction of sp³-hybridized carbons (Fsp3) is 0.789. The first-order valence-electron chi connectivity index (χ1n) is 9.35. The van der Waals surface area contributed by atoms with Crippen LogP contribution in [0.5, 0.6) is 0 Å². The summed E-state index contributed by atoms with van der Waals surface area (Å²) in [6.07, 6.45) is 6.51. The third-order valence-electron chi connectivity index (χ3n) is 5.56. The Labute approximate surface area is 145 Å². The summed E-state index contributed by atoms with van der Waals surface area (Å²) in [5.41, 5.74) is 0. The van der Waals surface area contributed by atoms with Crippen molar-refractivity contribution in [1.82, 2.24) is 9.80 Å². The molecule has 1 aliphatic heterocycles. The lowest BCUT2D eigenvalue weighted by Gasteiger charge is -2.43. The second kappa shape index (κ2) is 8.11. The first-order valence-corrected chi connectivity index (χ1v) is 10.2. The monoisotopic (exact) mass is 336 g/mol. The quantitative estimate of drug-likeness (QED) is 0.858. The molecule has 23 heavy (non-hydrogen) atoms. The van der Waals surface area contributed by atoms with E-state index in [0.717, 1.165) is 38.5 Å². The van der Waals surface area contributed by atoms with E-state index in [1.165, 1.54) is 30.6 Å². The van der Waals surface area contributed by atoms with E-state index in [-0.39, 0.29) is 0 Å². The van der Waals surface area contributed by atoms with E-state index < -0.39 is 0 Å². The van der Waals surface area contributed by atoms with Gasteiger partial charge in [-0.2, -0.15) is 0 Å². The van der Waals surface area contributed by atoms with Gasteiger partial charge in [0.05, 0.1) is 0 Å². The van der Waals surface area contributed by atoms with Crippen LogP contribution in [-0.4, -0.2) is 53.2 Å². The standard InChI is InChI=1S/C19H32N2OS/c1-15(2)21-11-10-20(13-17(21)9-12-22)14-18-7-8-19(23-18)16-5-3-4-6-16/h7-8,15-17,22H,3-6,9-14H2,1-2H3. The van der Waals surface area contributed by atoms with Gasteiger partial charge in [-0.15, -0.1) is 11.3 Å². The average Bonchev–Trinajstić information content (AvgIpc) is 3.18. The van der Waals surface area contributed by atoms with Crippen LogP contribution < -0.4 is 0 Å². The molecule has 0 aromatic carbocycles. The summed E-state index contributed by atoms with van der Waals surface area (Å²) in [6, 6.07) is 5.81. The molecular formula is C19H32N2OS. The third-order valence-corrected chi connectivity index (χ3v) is 6.79. The molecule has 1 aromatic heterocycles. The maximum Gasteiger partial charge on any atom is 0.0446 e. The van der Waals surface area contributed by atoms with E-state index in [0.29, 0.717) is 18.7 Å². The second-order valence-corrected chi connectivity index (χ2v) is 8.72. The van der Waals surface area contributed by atoms with Gasteiger partial charge in [0, 0.05) is 54.6 Å². The van der Waals surface area contributed by atoms with E-state index in [1.807, 2.05) is 11.3 Å². The fourth-order valence-electron chi connectivity index (χ4n) is 4.29. The lowest BCUT2D eigenvalue weighted by molar-refractivity contribution is 0.0353. The Morgan fingerprint density at radius 1 is 1.22 bits per heavy atom. The highest BCUT2D eigenvalue weighted by atomic mass is 32.1. The number of nitrogens with zero attached hydrogens (tertiary/aromatic N) is 2. The molecule has 0 radical (unpaired) electrons. The molecule has 2 fully saturated rings. The van der Waals surface area contributed by atoms with Gasteiger partial charge in [0.1, 0.15) is 0 Å². The van der Waals surface area contributed by atoms with Gasteiger partial charge >= 0.3 is 0 Å². The van der Waals surface area contributed by atoms with Gasteiger partial charge in [-0.1, -0.05) is 12.8 Å². The normalized spacial score (nSPS) is 24.8. The van der Waals surface area contributed by atoms with Crippen LogP contribution >= 0.6 is 11.3 Å². The Balaban J connectivity index is 1.57. The summed E-state index contributed by atoms with van der Waals surface area (Å²) >= 11 is 2.04. The zero-order valence-corrected chi connectivity index (χ0v) is 15.5. The van der Waals surface area contributed by atoms with Crippen molar-refractivity contribution >= 4 is 11.3 Å². The average molecular weight is 337 g/mol. The molecule has 3 nitrogen and oxygen atoms in total. The predicted molar refractivity (Wildman–Crippen MR) is 98.1 cm³/mol. The van der Waals surface area contributed by atoms with Crippen LogP contribution in [-0.2, 0) is 6.54 Å². The number of piperazine rings is 1. The highest BCUT2D eigenvalue weighted by Gasteiger charge is 2.28. The van der Waals surface area contributed by atoms with Gasteiger partial charge in [0.25, 0.3) is 0 Å². The van der Waals surface area contributed by atoms with Gasteiger partial charge in [-0.25, -0.2) is 0 Å². The van der Waals surface area contributed by atoms with E-state index in [9.17, 15) is 5.11 Å². The summed E-state index contributed by atoms with van der Waals surface area (Å²) in [6.45, 7) is 9.30. The Hall–Kier alpha value is -0.420. The summed E-state index contributed by atoms with van der Waals surface area (Å²) in [4.78, 5) is 8.28. The van der Waals surface area contributed by atoms with Crippen molar-refractivity contribution in [3.05, 3.63) is 21.9 Å². The van der Waals surface area contributed by atoms with Crippen molar-refractivity contribution in [2.45, 2.75) is 70.5 Å². The molecule has 3 rings (SSSR count). The molecule has 1 aromatic rings. The molecule has 1 atom stereocenters. The Kier molecular flexibility index (Phi) is 6.13. The van der Waals surface area contributed by atoms with E-state index in [2.05, 4.69) is 35.8 Å². The van der Waals surface area contributed by atoms with Crippen LogP contribution in [0.4, 0.5) is 0 Å². The minimum absolute atomic E-state index is 0.298. The first-order chi connectivity index (χ1) is 11.2. The molecule has 0 amide bonds. The summed E-state index contributed by atoms with van der Waals surface area (Å²) < 4.78 is 0. The number of aliphatic hydroxyl groups excluding tert-OH is 1. The molecule has 130 valence electrons. The van der Waals surface area contributed by atoms with Gasteiger partial charge < -0.3 is 5.11 Å². The topological polar surface area (TPSA) is 26.7 Å². The van der Waals surface area contributed by atoms with Crippen LogP contribution in [0.2, 0.25) is 0 Å². The van der Waals surface area contributed by atoms with Crippen molar-refractivity contribution in [2.75, 3.05) is 26.2 Å². The van der Waals surface area contributed by atoms with Gasteiger partial charge in [0.15, 0.2) is 0 Å². The smallest absolute Gasteiger partial charge is 0.0446 e. The Morgan fingerprint density at radius 3 is 2.70 bits per heavy atom. The number of aliphatic hydroxyl groups is 1. The lowest BCUT2D eigenvalue weighted by atomic mass is 10.1. The van der Waals surface area contributed by atoms with Gasteiger partial charge in [0.2, 0.25) is 0 Å². The molecule has 1 unspecified atom stereocenters. The molecule has 1 saturated carbocycles. The highest BCUT2D eigenvalue weighted by molar-refractivity contribution is 7.12. The molecule has 1 aliphatic carbocycles. The SMILES string of the molecule is CC(C)N1CCN(Cc2ccc(C3CCCC3)s2)CC1CCO. The van der Waals surface area contributed by atoms with Crippen molar-refractivity contribution in [3.63, 3.8) is 0 Å². The number of hydrogen-bond donors (Lipinski definition) is 1. The van der Waals surface area contributed by atoms with Crippen LogP contribution in [0.3, 0.4) is 0 Å². The third kappa shape index (κ3) is 4.36. The summed E-state index contributed by atoms with van der Waals surface area (Å²) in [7, 11) is 0. The molecule has 0 spiro atoms. The molecule has 2 heterocycles. The molecule has 1 N–H and O–H groups in total. The molecule has 0 bridgehead atoms. The first kappa shape index (κ1) is 17.4. The van der Waals surface area contributed by atoms with Crippen LogP contribution in [0.15, 0.2) is 12.1 Å². The molecule has 4 heteroatoms. The maximum absolute atomic E-state index is 9.38. The Morgan fingerprint density at radius 2 is 2.00 bits per heavy atom. The Bertz CT molecular complexity index is 481. The van der Waals surface area contributed by atoms with E-state index >= 15 is 0 Å². The summed E-state index contributed by atoms with van der Waals surface area (Å²) in [5, 5.41) is 9.38. The fourth-order valence-corrected chi connectivity index (χ4v) is 5.52. The zero-order chi connectivity index (χ0) is 16.2. The highest BCUT2D eigenvalue weighted by Crippen LogP contribution is 2.37. The van der Waals surface area contributed by atoms with Crippen molar-refractivity contribution in [3.8, 4) is 0 Å². The van der Waals surface area contributed by atoms with Crippen LogP contribution in [0, 0.1) is 0 Å². The van der Waals surface area contributed by atoms with Gasteiger partial charge in [-0.3, -0.25) is 9.80 Å². The minimum Gasteiger partial charge on any atom is -0.396 e. The van der Waals surface area contributed by atoms with Crippen molar-refractivity contribution in [2.24, 2.45) is 0 Å². The maximum atomic E-state index is 9.38. The second-order valence-electron chi connectivity index (χ2n) is 7.52. The number of thiophene rings is 1. The zero-order valence-electron chi connectivity index (χ0n) is 14.7.